The summed E-state index contributed by atoms with van der Waals surface area (Å²) in [5.41, 5.74) is 4.29. The van der Waals surface area contributed by atoms with Crippen molar-refractivity contribution in [1.82, 2.24) is 14.0 Å². The first-order valence-electron chi connectivity index (χ1n) is 9.91. The van der Waals surface area contributed by atoms with E-state index in [9.17, 15) is 9.59 Å². The van der Waals surface area contributed by atoms with Gasteiger partial charge in [0.15, 0.2) is 0 Å². The number of hydrogen-bond acceptors (Lipinski definition) is 3. The Labute approximate surface area is 166 Å². The van der Waals surface area contributed by atoms with Crippen molar-refractivity contribution in [3.8, 4) is 0 Å². The molecule has 1 amide bonds. The van der Waals surface area contributed by atoms with Gasteiger partial charge in [-0.05, 0) is 52.8 Å². The van der Waals surface area contributed by atoms with Crippen molar-refractivity contribution in [2.75, 3.05) is 13.2 Å². The van der Waals surface area contributed by atoms with E-state index in [-0.39, 0.29) is 17.9 Å². The molecule has 1 unspecified atom stereocenters. The SMILES string of the molecule is CCOC(=O)c1c(/C=C/C(=O)N2CCn3cccc3C2C)c(C)n(CC)c1C. The van der Waals surface area contributed by atoms with Crippen molar-refractivity contribution in [2.45, 2.75) is 53.8 Å². The fraction of sp³-hybridized carbons (Fsp3) is 0.455. The van der Waals surface area contributed by atoms with E-state index in [1.165, 1.54) is 0 Å². The molecule has 2 aromatic rings. The molecule has 6 nitrogen and oxygen atoms in total. The highest BCUT2D eigenvalue weighted by Gasteiger charge is 2.27. The largest absolute Gasteiger partial charge is 0.462 e. The zero-order chi connectivity index (χ0) is 20.4. The van der Waals surface area contributed by atoms with E-state index in [1.807, 2.05) is 38.7 Å². The van der Waals surface area contributed by atoms with Gasteiger partial charge in [-0.15, -0.1) is 0 Å². The average Bonchev–Trinajstić information content (AvgIpc) is 3.23. The molecule has 1 aliphatic heterocycles. The molecular weight excluding hydrogens is 354 g/mol. The molecule has 3 heterocycles. The first-order chi connectivity index (χ1) is 13.4. The lowest BCUT2D eigenvalue weighted by Crippen LogP contribution is -2.39. The minimum absolute atomic E-state index is 0.0218. The van der Waals surface area contributed by atoms with Gasteiger partial charge in [-0.3, -0.25) is 4.79 Å². The summed E-state index contributed by atoms with van der Waals surface area (Å²) in [7, 11) is 0. The minimum atomic E-state index is -0.341. The summed E-state index contributed by atoms with van der Waals surface area (Å²) in [4.78, 5) is 27.3. The van der Waals surface area contributed by atoms with Crippen LogP contribution in [0.1, 0.15) is 59.8 Å². The number of aromatic nitrogens is 2. The van der Waals surface area contributed by atoms with Gasteiger partial charge in [-0.25, -0.2) is 4.79 Å². The third kappa shape index (κ3) is 3.39. The van der Waals surface area contributed by atoms with E-state index in [1.54, 1.807) is 19.1 Å². The quantitative estimate of drug-likeness (QED) is 0.584. The van der Waals surface area contributed by atoms with Gasteiger partial charge in [-0.1, -0.05) is 0 Å². The van der Waals surface area contributed by atoms with Gasteiger partial charge in [0.1, 0.15) is 0 Å². The predicted molar refractivity (Wildman–Crippen MR) is 109 cm³/mol. The number of fused-ring (bicyclic) bond motifs is 1. The Morgan fingerprint density at radius 1 is 1.21 bits per heavy atom. The highest BCUT2D eigenvalue weighted by molar-refractivity contribution is 5.99. The second-order valence-corrected chi connectivity index (χ2v) is 7.09. The van der Waals surface area contributed by atoms with Gasteiger partial charge in [0.05, 0.1) is 18.2 Å². The second kappa shape index (κ2) is 8.09. The van der Waals surface area contributed by atoms with Gasteiger partial charge in [0, 0.05) is 54.6 Å². The molecule has 3 rings (SSSR count). The van der Waals surface area contributed by atoms with Crippen LogP contribution in [-0.4, -0.2) is 39.1 Å². The van der Waals surface area contributed by atoms with E-state index in [0.717, 1.165) is 35.7 Å². The number of amides is 1. The van der Waals surface area contributed by atoms with E-state index in [4.69, 9.17) is 4.74 Å². The topological polar surface area (TPSA) is 56.5 Å². The zero-order valence-corrected chi connectivity index (χ0v) is 17.4. The Balaban J connectivity index is 1.90. The van der Waals surface area contributed by atoms with Crippen LogP contribution in [-0.2, 0) is 22.6 Å². The van der Waals surface area contributed by atoms with Crippen LogP contribution >= 0.6 is 0 Å². The van der Waals surface area contributed by atoms with Crippen molar-refractivity contribution >= 4 is 18.0 Å². The number of esters is 1. The molecule has 2 aromatic heterocycles. The van der Waals surface area contributed by atoms with Crippen molar-refractivity contribution < 1.29 is 14.3 Å². The van der Waals surface area contributed by atoms with Gasteiger partial charge in [0.2, 0.25) is 5.91 Å². The Morgan fingerprint density at radius 2 is 1.96 bits per heavy atom. The van der Waals surface area contributed by atoms with Crippen LogP contribution < -0.4 is 0 Å². The molecule has 1 aliphatic rings. The van der Waals surface area contributed by atoms with Gasteiger partial charge in [-0.2, -0.15) is 0 Å². The number of ether oxygens (including phenoxy) is 1. The first kappa shape index (κ1) is 20.0. The number of hydrogen-bond donors (Lipinski definition) is 0. The Morgan fingerprint density at radius 3 is 2.64 bits per heavy atom. The molecule has 6 heteroatoms. The highest BCUT2D eigenvalue weighted by atomic mass is 16.5. The summed E-state index contributed by atoms with van der Waals surface area (Å²) in [5.74, 6) is -0.386. The summed E-state index contributed by atoms with van der Waals surface area (Å²) in [5, 5.41) is 0. The van der Waals surface area contributed by atoms with Crippen LogP contribution in [0.4, 0.5) is 0 Å². The molecule has 0 aliphatic carbocycles. The van der Waals surface area contributed by atoms with E-state index in [0.29, 0.717) is 18.7 Å². The van der Waals surface area contributed by atoms with Crippen molar-refractivity contribution in [3.63, 3.8) is 0 Å². The van der Waals surface area contributed by atoms with E-state index >= 15 is 0 Å². The standard InChI is InChI=1S/C22H29N3O3/c1-6-24-15(3)18(21(17(24)5)22(27)28-7-2)10-11-20(26)25-14-13-23-12-8-9-19(23)16(25)4/h8-12,16H,6-7,13-14H2,1-5H3/b11-10+. The number of carbonyl (C=O) groups excluding carboxylic acids is 2. The summed E-state index contributed by atoms with van der Waals surface area (Å²) < 4.78 is 9.51. The van der Waals surface area contributed by atoms with Crippen LogP contribution in [0.15, 0.2) is 24.4 Å². The molecular formula is C22H29N3O3. The summed E-state index contributed by atoms with van der Waals surface area (Å²) >= 11 is 0. The minimum Gasteiger partial charge on any atom is -0.462 e. The first-order valence-corrected chi connectivity index (χ1v) is 9.91. The smallest absolute Gasteiger partial charge is 0.340 e. The molecule has 0 N–H and O–H groups in total. The zero-order valence-electron chi connectivity index (χ0n) is 17.4. The van der Waals surface area contributed by atoms with E-state index < -0.39 is 0 Å². The molecule has 0 saturated heterocycles. The molecule has 0 radical (unpaired) electrons. The maximum atomic E-state index is 12.9. The fourth-order valence-corrected chi connectivity index (χ4v) is 4.18. The van der Waals surface area contributed by atoms with Crippen molar-refractivity contribution in [1.29, 1.82) is 0 Å². The average molecular weight is 383 g/mol. The normalized spacial score (nSPS) is 16.5. The van der Waals surface area contributed by atoms with Crippen LogP contribution in [0, 0.1) is 13.8 Å². The van der Waals surface area contributed by atoms with E-state index in [2.05, 4.69) is 21.4 Å². The summed E-state index contributed by atoms with van der Waals surface area (Å²) in [6, 6.07) is 4.09. The lowest BCUT2D eigenvalue weighted by molar-refractivity contribution is -0.129. The third-order valence-electron chi connectivity index (χ3n) is 5.64. The van der Waals surface area contributed by atoms with Gasteiger partial charge < -0.3 is 18.8 Å². The molecule has 0 fully saturated rings. The highest BCUT2D eigenvalue weighted by Crippen LogP contribution is 2.27. The molecule has 0 saturated carbocycles. The summed E-state index contributed by atoms with van der Waals surface area (Å²) in [6.45, 7) is 12.3. The molecule has 0 spiro atoms. The molecule has 1 atom stereocenters. The second-order valence-electron chi connectivity index (χ2n) is 7.09. The lowest BCUT2D eigenvalue weighted by atomic mass is 10.1. The van der Waals surface area contributed by atoms with Crippen molar-refractivity contribution in [3.05, 3.63) is 52.6 Å². The molecule has 150 valence electrons. The summed E-state index contributed by atoms with van der Waals surface area (Å²) in [6.07, 6.45) is 5.40. The predicted octanol–water partition coefficient (Wildman–Crippen LogP) is 3.72. The molecule has 0 aromatic carbocycles. The molecule has 0 bridgehead atoms. The van der Waals surface area contributed by atoms with Crippen LogP contribution in [0.5, 0.6) is 0 Å². The Hall–Kier alpha value is -2.76. The van der Waals surface area contributed by atoms with Gasteiger partial charge >= 0.3 is 5.97 Å². The maximum Gasteiger partial charge on any atom is 0.340 e. The van der Waals surface area contributed by atoms with Crippen LogP contribution in [0.3, 0.4) is 0 Å². The number of nitrogens with zero attached hydrogens (tertiary/aromatic N) is 3. The fourth-order valence-electron chi connectivity index (χ4n) is 4.18. The number of rotatable bonds is 5. The Bertz CT molecular complexity index is 920. The Kier molecular flexibility index (Phi) is 5.77. The van der Waals surface area contributed by atoms with Crippen LogP contribution in [0.25, 0.3) is 6.08 Å². The van der Waals surface area contributed by atoms with Crippen LogP contribution in [0.2, 0.25) is 0 Å². The van der Waals surface area contributed by atoms with Gasteiger partial charge in [0.25, 0.3) is 0 Å². The number of carbonyl (C=O) groups is 2. The maximum absolute atomic E-state index is 12.9. The lowest BCUT2D eigenvalue weighted by Gasteiger charge is -2.34. The molecule has 28 heavy (non-hydrogen) atoms. The monoisotopic (exact) mass is 383 g/mol. The van der Waals surface area contributed by atoms with Crippen molar-refractivity contribution in [2.24, 2.45) is 0 Å². The third-order valence-corrected chi connectivity index (χ3v) is 5.64.